The van der Waals surface area contributed by atoms with E-state index in [0.29, 0.717) is 0 Å². The molecule has 0 saturated carbocycles. The molecular formula is C15H15BrN4S. The number of likely N-dealkylation sites (N-methyl/N-ethyl adjacent to an activating group) is 1. The van der Waals surface area contributed by atoms with Gasteiger partial charge in [-0.25, -0.2) is 4.98 Å². The highest BCUT2D eigenvalue weighted by Gasteiger charge is 2.25. The maximum Gasteiger partial charge on any atom is 0.195 e. The van der Waals surface area contributed by atoms with Gasteiger partial charge in [0.2, 0.25) is 0 Å². The number of alkyl halides is 1. The second-order valence-electron chi connectivity index (χ2n) is 5.13. The van der Waals surface area contributed by atoms with Crippen molar-refractivity contribution in [1.29, 1.82) is 0 Å². The van der Waals surface area contributed by atoms with Crippen LogP contribution in [0.5, 0.6) is 0 Å². The number of nitrogens with zero attached hydrogens (tertiary/aromatic N) is 4. The first-order chi connectivity index (χ1) is 10.3. The average molecular weight is 363 g/mol. The molecule has 0 radical (unpaired) electrons. The molecule has 0 bridgehead atoms. The Labute approximate surface area is 135 Å². The zero-order valence-electron chi connectivity index (χ0n) is 11.7. The van der Waals surface area contributed by atoms with Crippen LogP contribution in [0.25, 0.3) is 4.96 Å². The number of fused-ring (bicyclic) bond motifs is 2. The Kier molecular flexibility index (Phi) is 3.15. The summed E-state index contributed by atoms with van der Waals surface area (Å²) in [6.45, 7) is 1.96. The molecule has 3 heterocycles. The van der Waals surface area contributed by atoms with E-state index in [-0.39, 0.29) is 0 Å². The van der Waals surface area contributed by atoms with Crippen molar-refractivity contribution in [3.63, 3.8) is 0 Å². The Morgan fingerprint density at radius 2 is 2.05 bits per heavy atom. The molecule has 21 heavy (non-hydrogen) atoms. The van der Waals surface area contributed by atoms with E-state index in [9.17, 15) is 0 Å². The van der Waals surface area contributed by atoms with Gasteiger partial charge in [0.25, 0.3) is 0 Å². The first kappa shape index (κ1) is 13.2. The molecule has 4 rings (SSSR count). The van der Waals surface area contributed by atoms with Gasteiger partial charge < -0.3 is 9.80 Å². The number of hydrogen-bond acceptors (Lipinski definition) is 4. The molecule has 0 atom stereocenters. The molecule has 0 N–H and O–H groups in total. The maximum absolute atomic E-state index is 4.85. The molecule has 2 aromatic heterocycles. The first-order valence-corrected chi connectivity index (χ1v) is 8.88. The normalized spacial score (nSPS) is 14.8. The Morgan fingerprint density at radius 1 is 1.24 bits per heavy atom. The van der Waals surface area contributed by atoms with Crippen molar-refractivity contribution in [3.8, 4) is 0 Å². The van der Waals surface area contributed by atoms with Crippen LogP contribution < -0.4 is 9.80 Å². The number of aromatic nitrogens is 2. The summed E-state index contributed by atoms with van der Waals surface area (Å²) in [5.41, 5.74) is 3.71. The minimum Gasteiger partial charge on any atom is -0.371 e. The highest BCUT2D eigenvalue weighted by Crippen LogP contribution is 2.38. The van der Waals surface area contributed by atoms with Crippen LogP contribution in [0, 0.1) is 0 Å². The molecule has 108 valence electrons. The molecule has 6 heteroatoms. The lowest BCUT2D eigenvalue weighted by molar-refractivity contribution is 0.812. The molecule has 0 aliphatic carbocycles. The van der Waals surface area contributed by atoms with E-state index < -0.39 is 0 Å². The summed E-state index contributed by atoms with van der Waals surface area (Å²) in [4.78, 5) is 10.5. The smallest absolute Gasteiger partial charge is 0.195 e. The zero-order chi connectivity index (χ0) is 14.4. The quantitative estimate of drug-likeness (QED) is 0.646. The number of imidazole rings is 1. The molecule has 1 aromatic carbocycles. The van der Waals surface area contributed by atoms with Crippen LogP contribution >= 0.6 is 27.3 Å². The summed E-state index contributed by atoms with van der Waals surface area (Å²) >= 11 is 5.30. The van der Waals surface area contributed by atoms with E-state index in [2.05, 4.69) is 73.0 Å². The molecule has 3 aromatic rings. The molecule has 1 aliphatic rings. The molecule has 4 nitrogen and oxygen atoms in total. The number of rotatable bonds is 2. The third kappa shape index (κ3) is 1.97. The lowest BCUT2D eigenvalue weighted by Crippen LogP contribution is -2.36. The fraction of sp³-hybridized carbons (Fsp3) is 0.267. The van der Waals surface area contributed by atoms with Gasteiger partial charge in [-0.2, -0.15) is 0 Å². The average Bonchev–Trinajstić information content (AvgIpc) is 3.08. The number of anilines is 3. The monoisotopic (exact) mass is 362 g/mol. The predicted molar refractivity (Wildman–Crippen MR) is 92.4 cm³/mol. The van der Waals surface area contributed by atoms with Crippen molar-refractivity contribution >= 4 is 49.4 Å². The highest BCUT2D eigenvalue weighted by atomic mass is 79.9. The third-order valence-corrected chi connectivity index (χ3v) is 5.25. The minimum absolute atomic E-state index is 0.800. The van der Waals surface area contributed by atoms with Crippen LogP contribution in [-0.4, -0.2) is 29.5 Å². The SMILES string of the molecule is CN1CCN(c2nc3sccn3c2CBr)c2ccccc21. The van der Waals surface area contributed by atoms with Crippen molar-refractivity contribution in [2.24, 2.45) is 0 Å². The first-order valence-electron chi connectivity index (χ1n) is 6.87. The van der Waals surface area contributed by atoms with E-state index in [1.807, 2.05) is 0 Å². The fourth-order valence-corrected chi connectivity index (χ4v) is 4.14. The molecular weight excluding hydrogens is 348 g/mol. The van der Waals surface area contributed by atoms with Gasteiger partial charge in [0.05, 0.1) is 17.1 Å². The van der Waals surface area contributed by atoms with Gasteiger partial charge in [0.15, 0.2) is 10.8 Å². The Hall–Kier alpha value is -1.53. The van der Waals surface area contributed by atoms with Crippen LogP contribution in [0.15, 0.2) is 35.8 Å². The minimum atomic E-state index is 0.800. The molecule has 0 saturated heterocycles. The lowest BCUT2D eigenvalue weighted by Gasteiger charge is -2.36. The van der Waals surface area contributed by atoms with Gasteiger partial charge in [0, 0.05) is 37.0 Å². The largest absolute Gasteiger partial charge is 0.371 e. The van der Waals surface area contributed by atoms with E-state index in [4.69, 9.17) is 4.98 Å². The zero-order valence-corrected chi connectivity index (χ0v) is 14.1. The standard InChI is InChI=1S/C15H15BrN4S/c1-18-6-7-19(12-5-3-2-4-11(12)18)14-13(10-16)20-8-9-21-15(20)17-14/h2-5,8-9H,6-7,10H2,1H3. The Bertz CT molecular complexity index is 794. The van der Waals surface area contributed by atoms with Crippen LogP contribution in [-0.2, 0) is 5.33 Å². The van der Waals surface area contributed by atoms with Crippen molar-refractivity contribution in [2.45, 2.75) is 5.33 Å². The topological polar surface area (TPSA) is 23.8 Å². The Morgan fingerprint density at radius 3 is 2.86 bits per heavy atom. The molecule has 0 fully saturated rings. The summed E-state index contributed by atoms with van der Waals surface area (Å²) < 4.78 is 2.18. The van der Waals surface area contributed by atoms with Gasteiger partial charge >= 0.3 is 0 Å². The molecule has 0 unspecified atom stereocenters. The van der Waals surface area contributed by atoms with Crippen LogP contribution in [0.3, 0.4) is 0 Å². The van der Waals surface area contributed by atoms with Crippen molar-refractivity contribution < 1.29 is 0 Å². The van der Waals surface area contributed by atoms with E-state index >= 15 is 0 Å². The van der Waals surface area contributed by atoms with Crippen LogP contribution in [0.1, 0.15) is 5.69 Å². The van der Waals surface area contributed by atoms with Gasteiger partial charge in [-0.05, 0) is 12.1 Å². The van der Waals surface area contributed by atoms with E-state index in [1.165, 1.54) is 17.1 Å². The number of para-hydroxylation sites is 2. The summed E-state index contributed by atoms with van der Waals surface area (Å²) in [5, 5.41) is 2.88. The summed E-state index contributed by atoms with van der Waals surface area (Å²) in [7, 11) is 2.15. The van der Waals surface area contributed by atoms with Gasteiger partial charge in [-0.1, -0.05) is 28.1 Å². The van der Waals surface area contributed by atoms with E-state index in [0.717, 1.165) is 29.2 Å². The summed E-state index contributed by atoms with van der Waals surface area (Å²) in [5.74, 6) is 1.07. The maximum atomic E-state index is 4.85. The van der Waals surface area contributed by atoms with E-state index in [1.54, 1.807) is 11.3 Å². The number of thiazole rings is 1. The molecule has 0 amide bonds. The van der Waals surface area contributed by atoms with Gasteiger partial charge in [-0.3, -0.25) is 4.40 Å². The second kappa shape index (κ2) is 5.03. The third-order valence-electron chi connectivity index (χ3n) is 3.96. The second-order valence-corrected chi connectivity index (χ2v) is 6.57. The van der Waals surface area contributed by atoms with Crippen molar-refractivity contribution in [1.82, 2.24) is 9.38 Å². The van der Waals surface area contributed by atoms with Crippen LogP contribution in [0.4, 0.5) is 17.2 Å². The summed E-state index contributed by atoms with van der Waals surface area (Å²) in [6, 6.07) is 8.54. The number of halogens is 1. The number of hydrogen-bond donors (Lipinski definition) is 0. The van der Waals surface area contributed by atoms with Crippen molar-refractivity contribution in [3.05, 3.63) is 41.5 Å². The molecule has 1 aliphatic heterocycles. The van der Waals surface area contributed by atoms with Gasteiger partial charge in [-0.15, -0.1) is 11.3 Å². The van der Waals surface area contributed by atoms with Crippen molar-refractivity contribution in [2.75, 3.05) is 29.9 Å². The van der Waals surface area contributed by atoms with Crippen LogP contribution in [0.2, 0.25) is 0 Å². The molecule has 0 spiro atoms. The van der Waals surface area contributed by atoms with Gasteiger partial charge in [0.1, 0.15) is 0 Å². The number of benzene rings is 1. The Balaban J connectivity index is 1.89. The highest BCUT2D eigenvalue weighted by molar-refractivity contribution is 9.08. The fourth-order valence-electron chi connectivity index (χ4n) is 2.89. The summed E-state index contributed by atoms with van der Waals surface area (Å²) in [6.07, 6.45) is 2.09. The predicted octanol–water partition coefficient (Wildman–Crippen LogP) is 3.88. The lowest BCUT2D eigenvalue weighted by atomic mass is 10.1.